The second kappa shape index (κ2) is 8.65. The molecule has 27 heavy (non-hydrogen) atoms. The van der Waals surface area contributed by atoms with E-state index in [1.54, 1.807) is 0 Å². The summed E-state index contributed by atoms with van der Waals surface area (Å²) in [6.07, 6.45) is -0.932. The Morgan fingerprint density at radius 3 is 2.48 bits per heavy atom. The van der Waals surface area contributed by atoms with E-state index in [1.807, 2.05) is 31.2 Å². The van der Waals surface area contributed by atoms with E-state index in [9.17, 15) is 19.7 Å². The molecule has 0 saturated carbocycles. The summed E-state index contributed by atoms with van der Waals surface area (Å²) < 4.78 is 4.58. The third-order valence-corrected chi connectivity index (χ3v) is 3.79. The van der Waals surface area contributed by atoms with Gasteiger partial charge in [0, 0.05) is 24.4 Å². The molecule has 0 saturated heterocycles. The zero-order chi connectivity index (χ0) is 20.0. The van der Waals surface area contributed by atoms with Crippen LogP contribution in [0.15, 0.2) is 42.5 Å². The lowest BCUT2D eigenvalue weighted by atomic mass is 10.1. The first-order valence-corrected chi connectivity index (χ1v) is 8.07. The van der Waals surface area contributed by atoms with Gasteiger partial charge in [0.2, 0.25) is 0 Å². The third kappa shape index (κ3) is 5.43. The summed E-state index contributed by atoms with van der Waals surface area (Å²) in [6.45, 7) is 1.99. The highest BCUT2D eigenvalue weighted by atomic mass is 16.6. The number of hydrogen-bond acceptors (Lipinski definition) is 6. The molecule has 0 heterocycles. The Hall–Kier alpha value is -3.62. The predicted octanol–water partition coefficient (Wildman–Crippen LogP) is 2.81. The summed E-state index contributed by atoms with van der Waals surface area (Å²) in [5, 5.41) is 14.4. The summed E-state index contributed by atoms with van der Waals surface area (Å²) in [7, 11) is 1.50. The Labute approximate surface area is 155 Å². The molecule has 2 amide bonds. The topological polar surface area (TPSA) is 128 Å². The van der Waals surface area contributed by atoms with Gasteiger partial charge in [-0.15, -0.1) is 0 Å². The maximum absolute atomic E-state index is 12.4. The summed E-state index contributed by atoms with van der Waals surface area (Å²) in [4.78, 5) is 35.1. The molecule has 0 radical (unpaired) electrons. The van der Waals surface area contributed by atoms with Crippen LogP contribution in [0.4, 0.5) is 21.9 Å². The summed E-state index contributed by atoms with van der Waals surface area (Å²) in [6, 6.07) is 11.6. The van der Waals surface area contributed by atoms with Crippen LogP contribution < -0.4 is 11.1 Å². The van der Waals surface area contributed by atoms with Crippen LogP contribution >= 0.6 is 0 Å². The second-order valence-electron chi connectivity index (χ2n) is 5.87. The molecule has 0 aromatic heterocycles. The van der Waals surface area contributed by atoms with E-state index in [4.69, 9.17) is 5.73 Å². The summed E-state index contributed by atoms with van der Waals surface area (Å²) >= 11 is 0. The molecule has 2 aromatic rings. The molecule has 9 heteroatoms. The molecular weight excluding hydrogens is 352 g/mol. The normalized spacial score (nSPS) is 10.1. The number of likely N-dealkylation sites (N-methyl/N-ethyl adjacent to an activating group) is 1. The zero-order valence-corrected chi connectivity index (χ0v) is 15.0. The number of nitrogens with one attached hydrogen (secondary N) is 1. The van der Waals surface area contributed by atoms with Gasteiger partial charge in [0.15, 0.2) is 0 Å². The van der Waals surface area contributed by atoms with Crippen molar-refractivity contribution in [3.8, 4) is 0 Å². The van der Waals surface area contributed by atoms with Crippen LogP contribution in [0.1, 0.15) is 15.9 Å². The Kier molecular flexibility index (Phi) is 6.32. The molecule has 2 aromatic carbocycles. The van der Waals surface area contributed by atoms with Crippen LogP contribution in [-0.4, -0.2) is 42.0 Å². The number of carbonyl (C=O) groups is 2. The maximum Gasteiger partial charge on any atom is 0.404 e. The van der Waals surface area contributed by atoms with E-state index in [0.29, 0.717) is 5.69 Å². The number of nitro benzene ring substituents is 1. The first-order valence-electron chi connectivity index (χ1n) is 8.07. The number of anilines is 2. The quantitative estimate of drug-likeness (QED) is 0.568. The van der Waals surface area contributed by atoms with E-state index in [1.165, 1.54) is 30.1 Å². The van der Waals surface area contributed by atoms with E-state index in [0.717, 1.165) is 5.56 Å². The Bertz CT molecular complexity index is 851. The minimum atomic E-state index is -0.932. The van der Waals surface area contributed by atoms with Crippen molar-refractivity contribution in [2.24, 2.45) is 5.73 Å². The van der Waals surface area contributed by atoms with Crippen molar-refractivity contribution in [3.05, 3.63) is 63.7 Å². The average molecular weight is 372 g/mol. The van der Waals surface area contributed by atoms with Crippen molar-refractivity contribution < 1.29 is 19.2 Å². The van der Waals surface area contributed by atoms with Gasteiger partial charge in [-0.3, -0.25) is 14.9 Å². The Morgan fingerprint density at radius 2 is 1.89 bits per heavy atom. The minimum Gasteiger partial charge on any atom is -0.448 e. The van der Waals surface area contributed by atoms with Crippen molar-refractivity contribution >= 4 is 29.1 Å². The van der Waals surface area contributed by atoms with Crippen molar-refractivity contribution in [1.82, 2.24) is 4.90 Å². The molecule has 3 N–H and O–H groups in total. The molecule has 2 rings (SSSR count). The van der Waals surface area contributed by atoms with Crippen LogP contribution in [0.2, 0.25) is 0 Å². The van der Waals surface area contributed by atoms with E-state index >= 15 is 0 Å². The summed E-state index contributed by atoms with van der Waals surface area (Å²) in [5.41, 5.74) is 6.84. The fourth-order valence-electron chi connectivity index (χ4n) is 2.32. The van der Waals surface area contributed by atoms with Gasteiger partial charge in [-0.05, 0) is 31.2 Å². The Morgan fingerprint density at radius 1 is 1.22 bits per heavy atom. The highest BCUT2D eigenvalue weighted by Gasteiger charge is 2.20. The van der Waals surface area contributed by atoms with Crippen LogP contribution in [0, 0.1) is 17.0 Å². The van der Waals surface area contributed by atoms with Crippen LogP contribution in [0.3, 0.4) is 0 Å². The fraction of sp³-hybridized carbons (Fsp3) is 0.222. The molecule has 0 unspecified atom stereocenters. The number of benzene rings is 2. The lowest BCUT2D eigenvalue weighted by Gasteiger charge is -2.17. The SMILES string of the molecule is Cc1ccc(Nc2ccc(C(=O)N(C)CCOC(N)=O)cc2[N+](=O)[O-])cc1. The fourth-order valence-corrected chi connectivity index (χ4v) is 2.32. The highest BCUT2D eigenvalue weighted by Crippen LogP contribution is 2.29. The lowest BCUT2D eigenvalue weighted by Crippen LogP contribution is -2.31. The number of nitro groups is 1. The van der Waals surface area contributed by atoms with Gasteiger partial charge in [-0.2, -0.15) is 0 Å². The highest BCUT2D eigenvalue weighted by molar-refractivity contribution is 5.95. The molecule has 0 bridgehead atoms. The number of nitrogens with zero attached hydrogens (tertiary/aromatic N) is 2. The van der Waals surface area contributed by atoms with Crippen molar-refractivity contribution in [2.75, 3.05) is 25.5 Å². The smallest absolute Gasteiger partial charge is 0.404 e. The van der Waals surface area contributed by atoms with Crippen LogP contribution in [-0.2, 0) is 4.74 Å². The molecule has 0 aliphatic rings. The second-order valence-corrected chi connectivity index (χ2v) is 5.87. The van der Waals surface area contributed by atoms with E-state index in [2.05, 4.69) is 10.1 Å². The number of hydrogen-bond donors (Lipinski definition) is 2. The van der Waals surface area contributed by atoms with E-state index in [-0.39, 0.29) is 30.1 Å². The van der Waals surface area contributed by atoms with Crippen LogP contribution in [0.25, 0.3) is 0 Å². The number of primary amides is 1. The molecule has 0 aliphatic heterocycles. The molecular formula is C18H20N4O5. The van der Waals surface area contributed by atoms with Gasteiger partial charge < -0.3 is 20.7 Å². The van der Waals surface area contributed by atoms with Gasteiger partial charge in [0.25, 0.3) is 11.6 Å². The number of ether oxygens (including phenoxy) is 1. The average Bonchev–Trinajstić information content (AvgIpc) is 2.62. The van der Waals surface area contributed by atoms with Gasteiger partial charge in [0.1, 0.15) is 12.3 Å². The molecule has 0 atom stereocenters. The van der Waals surface area contributed by atoms with Crippen molar-refractivity contribution in [1.29, 1.82) is 0 Å². The third-order valence-electron chi connectivity index (χ3n) is 3.79. The molecule has 0 spiro atoms. The van der Waals surface area contributed by atoms with Crippen LogP contribution in [0.5, 0.6) is 0 Å². The lowest BCUT2D eigenvalue weighted by molar-refractivity contribution is -0.383. The predicted molar refractivity (Wildman–Crippen MR) is 100 cm³/mol. The molecule has 142 valence electrons. The maximum atomic E-state index is 12.4. The summed E-state index contributed by atoms with van der Waals surface area (Å²) in [5.74, 6) is -0.437. The number of nitrogens with two attached hydrogens (primary N) is 1. The Balaban J connectivity index is 2.18. The van der Waals surface area contributed by atoms with E-state index < -0.39 is 16.9 Å². The molecule has 0 aliphatic carbocycles. The van der Waals surface area contributed by atoms with Gasteiger partial charge in [-0.1, -0.05) is 17.7 Å². The van der Waals surface area contributed by atoms with Crippen molar-refractivity contribution in [2.45, 2.75) is 6.92 Å². The van der Waals surface area contributed by atoms with Gasteiger partial charge in [0.05, 0.1) is 11.5 Å². The standard InChI is InChI=1S/C18H20N4O5/c1-12-3-6-14(7-4-12)20-15-8-5-13(11-16(15)22(25)26)17(23)21(2)9-10-27-18(19)24/h3-8,11,20H,9-10H2,1-2H3,(H2,19,24). The number of aryl methyl sites for hydroxylation is 1. The monoisotopic (exact) mass is 372 g/mol. The molecule has 9 nitrogen and oxygen atoms in total. The number of amides is 2. The van der Waals surface area contributed by atoms with Crippen molar-refractivity contribution in [3.63, 3.8) is 0 Å². The zero-order valence-electron chi connectivity index (χ0n) is 15.0. The minimum absolute atomic E-state index is 0.0628. The first kappa shape index (κ1) is 19.7. The number of rotatable bonds is 7. The van der Waals surface area contributed by atoms with Gasteiger partial charge >= 0.3 is 6.09 Å². The molecule has 0 fully saturated rings. The number of carbonyl (C=O) groups excluding carboxylic acids is 2. The van der Waals surface area contributed by atoms with Gasteiger partial charge in [-0.25, -0.2) is 4.79 Å². The largest absolute Gasteiger partial charge is 0.448 e. The first-order chi connectivity index (χ1) is 12.8.